The number of carbonyl (C=O) groups excluding carboxylic acids is 1. The maximum atomic E-state index is 11.9. The SMILES string of the molecule is NCCCC(C(=O)O)N1CCN(CC=O)CCN(CC(=O)O)CCN(CC(=O)O)CC1. The van der Waals surface area contributed by atoms with Crippen LogP contribution >= 0.6 is 0 Å². The highest BCUT2D eigenvalue weighted by Crippen LogP contribution is 2.10. The predicted octanol–water partition coefficient (Wildman–Crippen LogP) is -2.23. The van der Waals surface area contributed by atoms with E-state index < -0.39 is 23.9 Å². The summed E-state index contributed by atoms with van der Waals surface area (Å²) >= 11 is 0. The average Bonchev–Trinajstić information content (AvgIpc) is 2.68. The zero-order valence-corrected chi connectivity index (χ0v) is 17.9. The molecule has 1 aliphatic rings. The van der Waals surface area contributed by atoms with Gasteiger partial charge >= 0.3 is 17.9 Å². The topological polar surface area (TPSA) is 168 Å². The second kappa shape index (κ2) is 14.8. The normalized spacial score (nSPS) is 19.8. The van der Waals surface area contributed by atoms with Crippen molar-refractivity contribution in [1.29, 1.82) is 0 Å². The first-order valence-electron chi connectivity index (χ1n) is 10.5. The monoisotopic (exact) mass is 445 g/mol. The smallest absolute Gasteiger partial charge is 0.320 e. The lowest BCUT2D eigenvalue weighted by atomic mass is 10.1. The van der Waals surface area contributed by atoms with Crippen molar-refractivity contribution in [3.8, 4) is 0 Å². The molecule has 12 nitrogen and oxygen atoms in total. The Morgan fingerprint density at radius 3 is 1.68 bits per heavy atom. The first-order chi connectivity index (χ1) is 14.8. The molecule has 1 saturated heterocycles. The second-order valence-corrected chi connectivity index (χ2v) is 7.63. The molecule has 0 radical (unpaired) electrons. The molecule has 1 heterocycles. The molecule has 178 valence electrons. The molecule has 0 aromatic carbocycles. The van der Waals surface area contributed by atoms with Crippen molar-refractivity contribution in [1.82, 2.24) is 19.6 Å². The van der Waals surface area contributed by atoms with Crippen molar-refractivity contribution >= 4 is 24.2 Å². The molecule has 0 aliphatic carbocycles. The maximum Gasteiger partial charge on any atom is 0.320 e. The Labute approximate surface area is 182 Å². The highest BCUT2D eigenvalue weighted by atomic mass is 16.4. The van der Waals surface area contributed by atoms with Gasteiger partial charge in [-0.2, -0.15) is 0 Å². The fraction of sp³-hybridized carbons (Fsp3) is 0.789. The molecule has 0 bridgehead atoms. The molecule has 1 rings (SSSR count). The summed E-state index contributed by atoms with van der Waals surface area (Å²) in [7, 11) is 0. The van der Waals surface area contributed by atoms with Crippen LogP contribution in [0.5, 0.6) is 0 Å². The lowest BCUT2D eigenvalue weighted by Gasteiger charge is -2.35. The number of nitrogens with two attached hydrogens (primary N) is 1. The van der Waals surface area contributed by atoms with E-state index in [0.29, 0.717) is 71.7 Å². The molecule has 1 unspecified atom stereocenters. The Bertz CT molecular complexity index is 592. The lowest BCUT2D eigenvalue weighted by Crippen LogP contribution is -2.51. The van der Waals surface area contributed by atoms with Crippen molar-refractivity contribution in [2.24, 2.45) is 5.73 Å². The van der Waals surface area contributed by atoms with Gasteiger partial charge < -0.3 is 25.8 Å². The molecule has 12 heteroatoms. The summed E-state index contributed by atoms with van der Waals surface area (Å²) in [6.45, 7) is 3.16. The second-order valence-electron chi connectivity index (χ2n) is 7.63. The molecule has 1 fully saturated rings. The Morgan fingerprint density at radius 2 is 1.26 bits per heavy atom. The molecule has 0 saturated carbocycles. The summed E-state index contributed by atoms with van der Waals surface area (Å²) in [6, 6.07) is -0.750. The van der Waals surface area contributed by atoms with Crippen molar-refractivity contribution in [2.75, 3.05) is 78.5 Å². The van der Waals surface area contributed by atoms with Crippen LogP contribution in [0, 0.1) is 0 Å². The zero-order valence-electron chi connectivity index (χ0n) is 17.9. The Balaban J connectivity index is 3.03. The van der Waals surface area contributed by atoms with Crippen molar-refractivity contribution < 1.29 is 34.5 Å². The number of nitrogens with zero attached hydrogens (tertiary/aromatic N) is 4. The fourth-order valence-corrected chi connectivity index (χ4v) is 3.62. The Kier molecular flexibility index (Phi) is 12.9. The molecule has 5 N–H and O–H groups in total. The van der Waals surface area contributed by atoms with Crippen LogP contribution in [0.4, 0.5) is 0 Å². The molecular formula is C19H35N5O7. The lowest BCUT2D eigenvalue weighted by molar-refractivity contribution is -0.144. The van der Waals surface area contributed by atoms with Crippen molar-refractivity contribution in [3.05, 3.63) is 0 Å². The highest BCUT2D eigenvalue weighted by Gasteiger charge is 2.27. The van der Waals surface area contributed by atoms with E-state index in [1.165, 1.54) is 0 Å². The minimum atomic E-state index is -1.00. The number of aliphatic carboxylic acids is 3. The molecule has 1 atom stereocenters. The first-order valence-corrected chi connectivity index (χ1v) is 10.5. The zero-order chi connectivity index (χ0) is 23.2. The highest BCUT2D eigenvalue weighted by molar-refractivity contribution is 5.73. The molecule has 0 aromatic rings. The number of rotatable bonds is 11. The molecule has 1 aliphatic heterocycles. The average molecular weight is 446 g/mol. The quantitative estimate of drug-likeness (QED) is 0.253. The van der Waals surface area contributed by atoms with Crippen molar-refractivity contribution in [3.63, 3.8) is 0 Å². The third kappa shape index (κ3) is 11.2. The van der Waals surface area contributed by atoms with E-state index >= 15 is 0 Å². The number of hydrogen-bond acceptors (Lipinski definition) is 9. The van der Waals surface area contributed by atoms with Gasteiger partial charge in [0.25, 0.3) is 0 Å². The molecule has 0 aromatic heterocycles. The van der Waals surface area contributed by atoms with E-state index in [1.807, 2.05) is 4.90 Å². The van der Waals surface area contributed by atoms with Gasteiger partial charge in [-0.15, -0.1) is 0 Å². The van der Waals surface area contributed by atoms with Crippen molar-refractivity contribution in [2.45, 2.75) is 18.9 Å². The van der Waals surface area contributed by atoms with E-state index in [0.717, 1.165) is 6.29 Å². The van der Waals surface area contributed by atoms with Crippen LogP contribution in [0.3, 0.4) is 0 Å². The minimum Gasteiger partial charge on any atom is -0.480 e. The third-order valence-electron chi connectivity index (χ3n) is 5.33. The molecular weight excluding hydrogens is 410 g/mol. The first kappa shape index (κ1) is 26.9. The number of carbonyl (C=O) groups is 4. The van der Waals surface area contributed by atoms with Crippen LogP contribution in [0.15, 0.2) is 0 Å². The number of carboxylic acid groups (broad SMARTS) is 3. The molecule has 0 amide bonds. The van der Waals surface area contributed by atoms with Gasteiger partial charge in [0.15, 0.2) is 0 Å². The summed E-state index contributed by atoms with van der Waals surface area (Å²) < 4.78 is 0. The molecule has 0 spiro atoms. The van der Waals surface area contributed by atoms with E-state index in [2.05, 4.69) is 0 Å². The van der Waals surface area contributed by atoms with Gasteiger partial charge in [-0.25, -0.2) is 0 Å². The van der Waals surface area contributed by atoms with Gasteiger partial charge in [0, 0.05) is 52.4 Å². The number of aldehydes is 1. The van der Waals surface area contributed by atoms with Crippen LogP contribution in [0.25, 0.3) is 0 Å². The van der Waals surface area contributed by atoms with Crippen LogP contribution in [-0.2, 0) is 19.2 Å². The minimum absolute atomic E-state index is 0.167. The number of carboxylic acids is 3. The van der Waals surface area contributed by atoms with Crippen LogP contribution in [0.1, 0.15) is 12.8 Å². The van der Waals surface area contributed by atoms with Crippen LogP contribution in [0.2, 0.25) is 0 Å². The largest absolute Gasteiger partial charge is 0.480 e. The van der Waals surface area contributed by atoms with E-state index in [4.69, 9.17) is 10.8 Å². The van der Waals surface area contributed by atoms with Crippen LogP contribution in [-0.4, -0.2) is 144 Å². The van der Waals surface area contributed by atoms with E-state index in [9.17, 15) is 29.4 Å². The maximum absolute atomic E-state index is 11.9. The van der Waals surface area contributed by atoms with E-state index in [1.54, 1.807) is 14.7 Å². The van der Waals surface area contributed by atoms with Gasteiger partial charge in [-0.3, -0.25) is 34.0 Å². The summed E-state index contributed by atoms with van der Waals surface area (Å²) in [5.74, 6) is -2.94. The summed E-state index contributed by atoms with van der Waals surface area (Å²) in [6.07, 6.45) is 1.70. The van der Waals surface area contributed by atoms with Gasteiger partial charge in [-0.05, 0) is 19.4 Å². The Morgan fingerprint density at radius 1 is 0.806 bits per heavy atom. The third-order valence-corrected chi connectivity index (χ3v) is 5.33. The van der Waals surface area contributed by atoms with Crippen LogP contribution < -0.4 is 5.73 Å². The molecule has 31 heavy (non-hydrogen) atoms. The fourth-order valence-electron chi connectivity index (χ4n) is 3.62. The Hall–Kier alpha value is -2.12. The number of hydrogen-bond donors (Lipinski definition) is 4. The van der Waals surface area contributed by atoms with Gasteiger partial charge in [-0.1, -0.05) is 0 Å². The standard InChI is InChI=1S/C19H35N5O7/c20-3-1-2-16(19(30)31)24-10-8-21(12-13-25)4-5-22(14-17(26)27)6-7-23(9-11-24)15-18(28)29/h13,16H,1-12,14-15,20H2,(H,26,27)(H,28,29)(H,30,31). The summed E-state index contributed by atoms with van der Waals surface area (Å²) in [5, 5.41) is 28.1. The summed E-state index contributed by atoms with van der Waals surface area (Å²) in [5.41, 5.74) is 5.55. The summed E-state index contributed by atoms with van der Waals surface area (Å²) in [4.78, 5) is 52.5. The van der Waals surface area contributed by atoms with E-state index in [-0.39, 0.29) is 19.6 Å². The van der Waals surface area contributed by atoms with Gasteiger partial charge in [0.2, 0.25) is 0 Å². The van der Waals surface area contributed by atoms with Gasteiger partial charge in [0.1, 0.15) is 12.3 Å². The predicted molar refractivity (Wildman–Crippen MR) is 112 cm³/mol. The van der Waals surface area contributed by atoms with Gasteiger partial charge in [0.05, 0.1) is 19.6 Å².